The van der Waals surface area contributed by atoms with Crippen molar-refractivity contribution in [1.29, 1.82) is 0 Å². The van der Waals surface area contributed by atoms with Gasteiger partial charge in [0.15, 0.2) is 0 Å². The van der Waals surface area contributed by atoms with Crippen LogP contribution in [0.5, 0.6) is 0 Å². The first-order valence-electron chi connectivity index (χ1n) is 1.69. The summed E-state index contributed by atoms with van der Waals surface area (Å²) in [5.41, 5.74) is 0. The zero-order valence-corrected chi connectivity index (χ0v) is 3.82. The van der Waals surface area contributed by atoms with Crippen molar-refractivity contribution in [3.63, 3.8) is 0 Å². The third-order valence-corrected chi connectivity index (χ3v) is 0.318. The van der Waals surface area contributed by atoms with Crippen molar-refractivity contribution in [1.82, 2.24) is 0 Å². The van der Waals surface area contributed by atoms with Gasteiger partial charge in [-0.15, -0.1) is 0 Å². The molecule has 0 fully saturated rings. The summed E-state index contributed by atoms with van der Waals surface area (Å²) in [7, 11) is -0.941. The predicted molar refractivity (Wildman–Crippen MR) is 21.1 cm³/mol. The van der Waals surface area contributed by atoms with E-state index in [1.165, 1.54) is 0 Å². The Labute approximate surface area is 40.4 Å². The van der Waals surface area contributed by atoms with Crippen LogP contribution in [0.25, 0.3) is 0 Å². The molecule has 0 unspecified atom stereocenters. The van der Waals surface area contributed by atoms with Gasteiger partial charge in [0.2, 0.25) is 0 Å². The van der Waals surface area contributed by atoms with Crippen molar-refractivity contribution < 1.29 is 18.5 Å². The second-order valence-corrected chi connectivity index (χ2v) is 1.08. The van der Waals surface area contributed by atoms with Crippen LogP contribution in [0.2, 0.25) is 0 Å². The fourth-order valence-electron chi connectivity index (χ4n) is 0.113. The van der Waals surface area contributed by atoms with Gasteiger partial charge in [-0.2, -0.15) is 8.78 Å². The van der Waals surface area contributed by atoms with Crippen LogP contribution >= 0.6 is 0 Å². The second kappa shape index (κ2) is 2.23. The Morgan fingerprint density at radius 2 is 2.14 bits per heavy atom. The minimum atomic E-state index is -3.20. The smallest absolute Gasteiger partial charge is 0.430 e. The van der Waals surface area contributed by atoms with Crippen LogP contribution in [0.1, 0.15) is 6.92 Å². The molecule has 0 atom stereocenters. The third-order valence-electron chi connectivity index (χ3n) is 0.318. The van der Waals surface area contributed by atoms with Crippen molar-refractivity contribution in [3.05, 3.63) is 0 Å². The first-order chi connectivity index (χ1) is 3.06. The van der Waals surface area contributed by atoms with Crippen LogP contribution in [0.3, 0.4) is 0 Å². The predicted octanol–water partition coefficient (Wildman–Crippen LogP) is -0.125. The molecule has 0 rings (SSSR count). The van der Waals surface area contributed by atoms with Gasteiger partial charge in [-0.3, -0.25) is 0 Å². The van der Waals surface area contributed by atoms with E-state index in [-0.39, 0.29) is 0 Å². The standard InChI is InChI=1S/C2H5BF2O2/c1-2(4,5)7-3-6/h3,6H,1H3. The Morgan fingerprint density at radius 1 is 1.71 bits per heavy atom. The normalized spacial score (nSPS) is 11.4. The molecule has 0 radical (unpaired) electrons. The van der Waals surface area contributed by atoms with Gasteiger partial charge in [0.1, 0.15) is 0 Å². The Balaban J connectivity index is 3.15. The van der Waals surface area contributed by atoms with Gasteiger partial charge in [-0.05, 0) is 0 Å². The van der Waals surface area contributed by atoms with Crippen LogP contribution in [-0.2, 0) is 4.65 Å². The van der Waals surface area contributed by atoms with Gasteiger partial charge < -0.3 is 9.68 Å². The topological polar surface area (TPSA) is 29.5 Å². The zero-order valence-electron chi connectivity index (χ0n) is 3.82. The van der Waals surface area contributed by atoms with Gasteiger partial charge >= 0.3 is 13.8 Å². The van der Waals surface area contributed by atoms with E-state index in [1.54, 1.807) is 0 Å². The molecular weight excluding hydrogens is 105 g/mol. The van der Waals surface area contributed by atoms with E-state index in [2.05, 4.69) is 4.65 Å². The summed E-state index contributed by atoms with van der Waals surface area (Å²) < 4.78 is 26.1. The quantitative estimate of drug-likeness (QED) is 0.501. The van der Waals surface area contributed by atoms with Crippen LogP contribution in [0, 0.1) is 0 Å². The lowest BCUT2D eigenvalue weighted by molar-refractivity contribution is -0.165. The molecule has 0 bridgehead atoms. The van der Waals surface area contributed by atoms with Crippen LogP contribution in [-0.4, -0.2) is 18.8 Å². The van der Waals surface area contributed by atoms with Crippen LogP contribution in [0.15, 0.2) is 0 Å². The average molecular weight is 110 g/mol. The van der Waals surface area contributed by atoms with Crippen molar-refractivity contribution in [2.75, 3.05) is 0 Å². The molecule has 0 aromatic heterocycles. The number of hydrogen-bond donors (Lipinski definition) is 1. The maximum absolute atomic E-state index is 11.3. The molecule has 42 valence electrons. The van der Waals surface area contributed by atoms with Crippen LogP contribution < -0.4 is 0 Å². The first kappa shape index (κ1) is 6.84. The first-order valence-corrected chi connectivity index (χ1v) is 1.69. The maximum Gasteiger partial charge on any atom is 0.439 e. The molecule has 0 aliphatic heterocycles. The molecule has 0 spiro atoms. The van der Waals surface area contributed by atoms with E-state index < -0.39 is 13.8 Å². The average Bonchev–Trinajstić information content (AvgIpc) is 1.30. The molecule has 0 amide bonds. The molecule has 0 aliphatic carbocycles. The minimum Gasteiger partial charge on any atom is -0.430 e. The Bertz CT molecular complexity index is 52.1. The number of alkyl halides is 2. The zero-order chi connectivity index (χ0) is 5.91. The number of rotatable bonds is 2. The third kappa shape index (κ3) is 5.84. The summed E-state index contributed by atoms with van der Waals surface area (Å²) in [4.78, 5) is 0. The van der Waals surface area contributed by atoms with Crippen molar-refractivity contribution in [2.45, 2.75) is 13.0 Å². The Hall–Kier alpha value is -0.155. The highest BCUT2D eigenvalue weighted by molar-refractivity contribution is 6.15. The van der Waals surface area contributed by atoms with E-state index in [4.69, 9.17) is 5.02 Å². The minimum absolute atomic E-state index is 0.559. The maximum atomic E-state index is 11.3. The molecule has 7 heavy (non-hydrogen) atoms. The van der Waals surface area contributed by atoms with E-state index in [0.717, 1.165) is 0 Å². The summed E-state index contributed by atoms with van der Waals surface area (Å²) in [6.07, 6.45) is -3.20. The van der Waals surface area contributed by atoms with E-state index in [0.29, 0.717) is 6.92 Å². The van der Waals surface area contributed by atoms with Gasteiger partial charge in [0, 0.05) is 6.92 Å². The van der Waals surface area contributed by atoms with Crippen molar-refractivity contribution in [3.8, 4) is 0 Å². The fraction of sp³-hybridized carbons (Fsp3) is 1.00. The van der Waals surface area contributed by atoms with E-state index in [9.17, 15) is 8.78 Å². The molecule has 0 aromatic carbocycles. The monoisotopic (exact) mass is 110 g/mol. The van der Waals surface area contributed by atoms with Gasteiger partial charge in [0.25, 0.3) is 0 Å². The highest BCUT2D eigenvalue weighted by atomic mass is 19.3. The van der Waals surface area contributed by atoms with E-state index in [1.807, 2.05) is 0 Å². The van der Waals surface area contributed by atoms with Gasteiger partial charge in [0.05, 0.1) is 0 Å². The lowest BCUT2D eigenvalue weighted by atomic mass is 10.4. The molecule has 0 saturated heterocycles. The lowest BCUT2D eigenvalue weighted by Crippen LogP contribution is -2.17. The molecule has 0 aromatic rings. The lowest BCUT2D eigenvalue weighted by Gasteiger charge is -2.06. The summed E-state index contributed by atoms with van der Waals surface area (Å²) in [5, 5.41) is 7.70. The molecule has 0 heterocycles. The van der Waals surface area contributed by atoms with Crippen LogP contribution in [0.4, 0.5) is 8.78 Å². The molecule has 2 nitrogen and oxygen atoms in total. The molecule has 1 N–H and O–H groups in total. The summed E-state index contributed by atoms with van der Waals surface area (Å²) in [6, 6.07) is 0. The van der Waals surface area contributed by atoms with E-state index >= 15 is 0 Å². The largest absolute Gasteiger partial charge is 0.439 e. The Kier molecular flexibility index (Phi) is 2.18. The molecular formula is C2H5BF2O2. The van der Waals surface area contributed by atoms with Gasteiger partial charge in [-0.1, -0.05) is 0 Å². The van der Waals surface area contributed by atoms with Crippen molar-refractivity contribution in [2.24, 2.45) is 0 Å². The summed E-state index contributed by atoms with van der Waals surface area (Å²) >= 11 is 0. The summed E-state index contributed by atoms with van der Waals surface area (Å²) in [6.45, 7) is 0.559. The second-order valence-electron chi connectivity index (χ2n) is 1.08. The van der Waals surface area contributed by atoms with Crippen molar-refractivity contribution >= 4 is 7.69 Å². The van der Waals surface area contributed by atoms with Gasteiger partial charge in [-0.25, -0.2) is 0 Å². The number of halogens is 2. The Morgan fingerprint density at radius 3 is 2.14 bits per heavy atom. The molecule has 0 saturated carbocycles. The molecule has 0 aliphatic rings. The number of hydrogen-bond acceptors (Lipinski definition) is 2. The highest BCUT2D eigenvalue weighted by Crippen LogP contribution is 2.10. The summed E-state index contributed by atoms with van der Waals surface area (Å²) in [5.74, 6) is 0. The SMILES string of the molecule is CC(F)(F)OBO. The highest BCUT2D eigenvalue weighted by Gasteiger charge is 2.20. The molecule has 5 heteroatoms. The fourth-order valence-corrected chi connectivity index (χ4v) is 0.113.